The molecule has 0 aromatic heterocycles. The Bertz CT molecular complexity index is 289. The fourth-order valence-corrected chi connectivity index (χ4v) is 2.41. The molecule has 7 heteroatoms. The second-order valence-electron chi connectivity index (χ2n) is 4.51. The summed E-state index contributed by atoms with van der Waals surface area (Å²) in [6.45, 7) is 1.15. The van der Waals surface area contributed by atoms with Gasteiger partial charge >= 0.3 is 12.2 Å². The third-order valence-corrected chi connectivity index (χ3v) is 3.19. The van der Waals surface area contributed by atoms with E-state index in [1.54, 1.807) is 4.90 Å². The minimum atomic E-state index is -4.31. The molecule has 1 atom stereocenters. The molecule has 2 aliphatic rings. The van der Waals surface area contributed by atoms with E-state index in [0.29, 0.717) is 19.5 Å². The summed E-state index contributed by atoms with van der Waals surface area (Å²) in [7, 11) is 0. The average Bonchev–Trinajstić information content (AvgIpc) is 2.72. The average molecular weight is 251 g/mol. The first-order valence-corrected chi connectivity index (χ1v) is 5.80. The first-order valence-electron chi connectivity index (χ1n) is 5.80. The van der Waals surface area contributed by atoms with Gasteiger partial charge in [0.05, 0.1) is 0 Å². The van der Waals surface area contributed by atoms with E-state index in [9.17, 15) is 18.0 Å². The number of alkyl halides is 3. The Hall–Kier alpha value is -0.980. The molecule has 2 saturated heterocycles. The van der Waals surface area contributed by atoms with Crippen LogP contribution in [0.15, 0.2) is 0 Å². The van der Waals surface area contributed by atoms with Crippen LogP contribution in [0.2, 0.25) is 0 Å². The minimum Gasteiger partial charge on any atom is -0.320 e. The summed E-state index contributed by atoms with van der Waals surface area (Å²) in [5.74, 6) is 0. The van der Waals surface area contributed by atoms with Gasteiger partial charge in [-0.05, 0) is 19.4 Å². The van der Waals surface area contributed by atoms with Gasteiger partial charge in [0.1, 0.15) is 6.54 Å². The van der Waals surface area contributed by atoms with Gasteiger partial charge in [0.2, 0.25) is 0 Å². The smallest absolute Gasteiger partial charge is 0.320 e. The van der Waals surface area contributed by atoms with Crippen LogP contribution >= 0.6 is 0 Å². The molecule has 0 radical (unpaired) electrons. The number of hydrogen-bond donors (Lipinski definition) is 1. The van der Waals surface area contributed by atoms with Crippen molar-refractivity contribution in [3.63, 3.8) is 0 Å². The number of nitrogens with zero attached hydrogens (tertiary/aromatic N) is 2. The van der Waals surface area contributed by atoms with Crippen molar-refractivity contribution in [1.82, 2.24) is 15.1 Å². The first kappa shape index (κ1) is 12.5. The van der Waals surface area contributed by atoms with Gasteiger partial charge in [0.15, 0.2) is 0 Å². The lowest BCUT2D eigenvalue weighted by Gasteiger charge is -2.38. The van der Waals surface area contributed by atoms with Gasteiger partial charge in [-0.1, -0.05) is 0 Å². The lowest BCUT2D eigenvalue weighted by molar-refractivity contribution is -0.142. The van der Waals surface area contributed by atoms with E-state index >= 15 is 0 Å². The molecule has 17 heavy (non-hydrogen) atoms. The van der Waals surface area contributed by atoms with Crippen molar-refractivity contribution in [1.29, 1.82) is 0 Å². The van der Waals surface area contributed by atoms with Crippen LogP contribution in [0.1, 0.15) is 12.8 Å². The molecule has 2 fully saturated rings. The highest BCUT2D eigenvalue weighted by Crippen LogP contribution is 2.22. The van der Waals surface area contributed by atoms with E-state index in [1.807, 2.05) is 0 Å². The first-order chi connectivity index (χ1) is 7.97. The van der Waals surface area contributed by atoms with Crippen molar-refractivity contribution in [3.05, 3.63) is 0 Å². The fraction of sp³-hybridized carbons (Fsp3) is 0.900. The Labute approximate surface area is 97.7 Å². The van der Waals surface area contributed by atoms with E-state index in [2.05, 4.69) is 5.32 Å². The maximum absolute atomic E-state index is 12.3. The van der Waals surface area contributed by atoms with Crippen molar-refractivity contribution in [2.45, 2.75) is 25.1 Å². The molecule has 0 aliphatic carbocycles. The standard InChI is InChI=1S/C10H16F3N3O/c11-10(12,13)7-15-4-1-5-16(9(15)17)8-2-3-14-6-8/h8,14H,1-7H2. The summed E-state index contributed by atoms with van der Waals surface area (Å²) in [4.78, 5) is 14.4. The van der Waals surface area contributed by atoms with Crippen LogP contribution in [-0.2, 0) is 0 Å². The number of nitrogens with one attached hydrogen (secondary N) is 1. The molecule has 2 heterocycles. The second-order valence-corrected chi connectivity index (χ2v) is 4.51. The van der Waals surface area contributed by atoms with Gasteiger partial charge in [-0.15, -0.1) is 0 Å². The van der Waals surface area contributed by atoms with Gasteiger partial charge in [0, 0.05) is 25.7 Å². The summed E-state index contributed by atoms with van der Waals surface area (Å²) >= 11 is 0. The third-order valence-electron chi connectivity index (χ3n) is 3.19. The monoisotopic (exact) mass is 251 g/mol. The van der Waals surface area contributed by atoms with Crippen molar-refractivity contribution >= 4 is 6.03 Å². The lowest BCUT2D eigenvalue weighted by Crippen LogP contribution is -2.55. The van der Waals surface area contributed by atoms with E-state index in [1.165, 1.54) is 0 Å². The highest BCUT2D eigenvalue weighted by atomic mass is 19.4. The quantitative estimate of drug-likeness (QED) is 0.796. The molecule has 1 unspecified atom stereocenters. The maximum atomic E-state index is 12.3. The number of carbonyl (C=O) groups excluding carboxylic acids is 1. The van der Waals surface area contributed by atoms with Crippen molar-refractivity contribution in [2.75, 3.05) is 32.7 Å². The molecule has 4 nitrogen and oxygen atoms in total. The van der Waals surface area contributed by atoms with Crippen molar-refractivity contribution in [2.24, 2.45) is 0 Å². The largest absolute Gasteiger partial charge is 0.406 e. The van der Waals surface area contributed by atoms with E-state index in [4.69, 9.17) is 0 Å². The van der Waals surface area contributed by atoms with Crippen LogP contribution in [0, 0.1) is 0 Å². The van der Waals surface area contributed by atoms with E-state index in [-0.39, 0.29) is 12.6 Å². The molecule has 1 N–H and O–H groups in total. The Morgan fingerprint density at radius 3 is 2.71 bits per heavy atom. The minimum absolute atomic E-state index is 0.0542. The molecule has 0 aromatic carbocycles. The van der Waals surface area contributed by atoms with Gasteiger partial charge in [-0.3, -0.25) is 0 Å². The Balaban J connectivity index is 1.98. The topological polar surface area (TPSA) is 35.6 Å². The maximum Gasteiger partial charge on any atom is 0.406 e. The Morgan fingerprint density at radius 2 is 2.12 bits per heavy atom. The zero-order valence-electron chi connectivity index (χ0n) is 9.46. The van der Waals surface area contributed by atoms with Crippen molar-refractivity contribution < 1.29 is 18.0 Å². The molecular weight excluding hydrogens is 235 g/mol. The number of rotatable bonds is 2. The van der Waals surface area contributed by atoms with Crippen LogP contribution in [0.25, 0.3) is 0 Å². The SMILES string of the molecule is O=C1N(CC(F)(F)F)CCCN1C1CCNC1. The molecule has 0 spiro atoms. The molecule has 0 aromatic rings. The predicted octanol–water partition coefficient (Wildman–Crippen LogP) is 1.04. The molecule has 0 bridgehead atoms. The molecule has 2 aliphatic heterocycles. The Kier molecular flexibility index (Phi) is 3.46. The van der Waals surface area contributed by atoms with Crippen LogP contribution in [0.4, 0.5) is 18.0 Å². The van der Waals surface area contributed by atoms with E-state index < -0.39 is 18.8 Å². The van der Waals surface area contributed by atoms with Crippen molar-refractivity contribution in [3.8, 4) is 0 Å². The summed E-state index contributed by atoms with van der Waals surface area (Å²) < 4.78 is 36.9. The van der Waals surface area contributed by atoms with Gasteiger partial charge < -0.3 is 15.1 Å². The highest BCUT2D eigenvalue weighted by Gasteiger charge is 2.38. The Morgan fingerprint density at radius 1 is 1.35 bits per heavy atom. The molecule has 2 amide bonds. The van der Waals surface area contributed by atoms with Crippen LogP contribution in [0.5, 0.6) is 0 Å². The molecule has 0 saturated carbocycles. The zero-order valence-corrected chi connectivity index (χ0v) is 9.46. The van der Waals surface area contributed by atoms with Gasteiger partial charge in [-0.25, -0.2) is 4.79 Å². The number of halogens is 3. The van der Waals surface area contributed by atoms with E-state index in [0.717, 1.165) is 17.9 Å². The second kappa shape index (κ2) is 4.72. The number of amides is 2. The van der Waals surface area contributed by atoms with Crippen LogP contribution < -0.4 is 5.32 Å². The number of hydrogen-bond acceptors (Lipinski definition) is 2. The summed E-state index contributed by atoms with van der Waals surface area (Å²) in [6, 6.07) is -0.416. The summed E-state index contributed by atoms with van der Waals surface area (Å²) in [6.07, 6.45) is -2.88. The van der Waals surface area contributed by atoms with Gasteiger partial charge in [-0.2, -0.15) is 13.2 Å². The summed E-state index contributed by atoms with van der Waals surface area (Å²) in [5, 5.41) is 3.12. The lowest BCUT2D eigenvalue weighted by atomic mass is 10.2. The highest BCUT2D eigenvalue weighted by molar-refractivity contribution is 5.75. The normalized spacial score (nSPS) is 26.8. The molecule has 98 valence electrons. The third kappa shape index (κ3) is 3.02. The van der Waals surface area contributed by atoms with Crippen LogP contribution in [-0.4, -0.2) is 60.8 Å². The zero-order chi connectivity index (χ0) is 12.5. The van der Waals surface area contributed by atoms with Gasteiger partial charge in [0.25, 0.3) is 0 Å². The molecule has 2 rings (SSSR count). The predicted molar refractivity (Wildman–Crippen MR) is 55.6 cm³/mol. The summed E-state index contributed by atoms with van der Waals surface area (Å²) in [5.41, 5.74) is 0. The van der Waals surface area contributed by atoms with Crippen LogP contribution in [0.3, 0.4) is 0 Å². The number of urea groups is 1. The fourth-order valence-electron chi connectivity index (χ4n) is 2.41. The number of carbonyl (C=O) groups is 1. The molecular formula is C10H16F3N3O.